The summed E-state index contributed by atoms with van der Waals surface area (Å²) in [5, 5.41) is 3.44. The topological polar surface area (TPSA) is 58.6 Å². The molecule has 1 N–H and O–H groups in total. The quantitative estimate of drug-likeness (QED) is 0.791. The number of ether oxygens (including phenoxy) is 1. The van der Waals surface area contributed by atoms with Crippen molar-refractivity contribution in [3.05, 3.63) is 0 Å². The van der Waals surface area contributed by atoms with Crippen LogP contribution in [0.4, 0.5) is 0 Å². The average Bonchev–Trinajstić information content (AvgIpc) is 2.74. The molecule has 0 aromatic carbocycles. The summed E-state index contributed by atoms with van der Waals surface area (Å²) in [4.78, 5) is 0. The fraction of sp³-hybridized carbons (Fsp3) is 1.00. The van der Waals surface area contributed by atoms with Crippen LogP contribution < -0.4 is 5.32 Å². The lowest BCUT2D eigenvalue weighted by molar-refractivity contribution is 0.0904. The zero-order chi connectivity index (χ0) is 13.2. The van der Waals surface area contributed by atoms with Gasteiger partial charge in [-0.05, 0) is 39.2 Å². The van der Waals surface area contributed by atoms with E-state index in [0.29, 0.717) is 31.7 Å². The summed E-state index contributed by atoms with van der Waals surface area (Å²) in [5.41, 5.74) is 0. The number of piperidine rings is 1. The van der Waals surface area contributed by atoms with Crippen LogP contribution in [-0.2, 0) is 14.8 Å². The number of nitrogens with one attached hydrogen (secondary N) is 1. The Hall–Kier alpha value is -0.170. The van der Waals surface area contributed by atoms with Crippen molar-refractivity contribution in [1.82, 2.24) is 9.62 Å². The third-order valence-corrected chi connectivity index (χ3v) is 5.61. The van der Waals surface area contributed by atoms with Crippen LogP contribution in [-0.4, -0.2) is 56.9 Å². The van der Waals surface area contributed by atoms with E-state index >= 15 is 0 Å². The Morgan fingerprint density at radius 2 is 2.17 bits per heavy atom. The van der Waals surface area contributed by atoms with E-state index in [-0.39, 0.29) is 11.9 Å². The minimum Gasteiger partial charge on any atom is -0.378 e. The Labute approximate surface area is 110 Å². The molecule has 0 amide bonds. The lowest BCUT2D eigenvalue weighted by Gasteiger charge is -2.34. The van der Waals surface area contributed by atoms with Crippen molar-refractivity contribution >= 4 is 10.0 Å². The zero-order valence-electron chi connectivity index (χ0n) is 11.3. The summed E-state index contributed by atoms with van der Waals surface area (Å²) in [6.45, 7) is 6.49. The summed E-state index contributed by atoms with van der Waals surface area (Å²) in [6, 6.07) is 0.531. The van der Waals surface area contributed by atoms with Gasteiger partial charge in [-0.15, -0.1) is 0 Å². The summed E-state index contributed by atoms with van der Waals surface area (Å²) >= 11 is 0. The molecule has 5 nitrogen and oxygen atoms in total. The van der Waals surface area contributed by atoms with Crippen molar-refractivity contribution in [1.29, 1.82) is 0 Å². The zero-order valence-corrected chi connectivity index (χ0v) is 12.1. The van der Waals surface area contributed by atoms with Gasteiger partial charge >= 0.3 is 0 Å². The van der Waals surface area contributed by atoms with E-state index in [0.717, 1.165) is 19.4 Å². The average molecular weight is 276 g/mol. The van der Waals surface area contributed by atoms with Gasteiger partial charge in [0.25, 0.3) is 0 Å². The molecule has 0 aromatic heterocycles. The molecule has 2 saturated heterocycles. The van der Waals surface area contributed by atoms with Gasteiger partial charge in [-0.3, -0.25) is 0 Å². The Kier molecular flexibility index (Phi) is 4.64. The van der Waals surface area contributed by atoms with Crippen LogP contribution in [0.25, 0.3) is 0 Å². The fourth-order valence-corrected chi connectivity index (χ4v) is 4.15. The SMILES string of the molecule is CC(C)OCCS(=O)(=O)N1CCC2NCCC2C1. The van der Waals surface area contributed by atoms with Crippen molar-refractivity contribution in [3.8, 4) is 0 Å². The lowest BCUT2D eigenvalue weighted by atomic mass is 9.95. The number of nitrogens with zero attached hydrogens (tertiary/aromatic N) is 1. The predicted octanol–water partition coefficient (Wildman–Crippen LogP) is 0.425. The summed E-state index contributed by atoms with van der Waals surface area (Å²) in [7, 11) is -3.14. The predicted molar refractivity (Wildman–Crippen MR) is 71.0 cm³/mol. The molecule has 0 radical (unpaired) electrons. The second-order valence-electron chi connectivity index (χ2n) is 5.49. The maximum absolute atomic E-state index is 12.2. The van der Waals surface area contributed by atoms with Crippen molar-refractivity contribution in [2.45, 2.75) is 38.8 Å². The highest BCUT2D eigenvalue weighted by Gasteiger charge is 2.36. The molecule has 18 heavy (non-hydrogen) atoms. The van der Waals surface area contributed by atoms with E-state index < -0.39 is 10.0 Å². The van der Waals surface area contributed by atoms with Crippen LogP contribution in [0.2, 0.25) is 0 Å². The van der Waals surface area contributed by atoms with Gasteiger partial charge in [0, 0.05) is 19.1 Å². The Balaban J connectivity index is 1.86. The molecular weight excluding hydrogens is 252 g/mol. The highest BCUT2D eigenvalue weighted by atomic mass is 32.2. The van der Waals surface area contributed by atoms with Gasteiger partial charge in [0.2, 0.25) is 10.0 Å². The smallest absolute Gasteiger partial charge is 0.216 e. The first-order valence-electron chi connectivity index (χ1n) is 6.82. The molecule has 0 spiro atoms. The van der Waals surface area contributed by atoms with E-state index in [4.69, 9.17) is 4.74 Å². The highest BCUT2D eigenvalue weighted by Crippen LogP contribution is 2.26. The summed E-state index contributed by atoms with van der Waals surface area (Å²) in [6.07, 6.45) is 2.12. The van der Waals surface area contributed by atoms with Crippen molar-refractivity contribution < 1.29 is 13.2 Å². The van der Waals surface area contributed by atoms with Gasteiger partial charge in [-0.2, -0.15) is 0 Å². The van der Waals surface area contributed by atoms with Crippen molar-refractivity contribution in [3.63, 3.8) is 0 Å². The number of fused-ring (bicyclic) bond motifs is 1. The van der Waals surface area contributed by atoms with Gasteiger partial charge in [-0.1, -0.05) is 0 Å². The van der Waals surface area contributed by atoms with Gasteiger partial charge in [-0.25, -0.2) is 12.7 Å². The van der Waals surface area contributed by atoms with Crippen LogP contribution in [0.1, 0.15) is 26.7 Å². The molecule has 2 unspecified atom stereocenters. The summed E-state index contributed by atoms with van der Waals surface area (Å²) in [5.74, 6) is 0.607. The van der Waals surface area contributed by atoms with E-state index in [1.165, 1.54) is 0 Å². The molecule has 2 atom stereocenters. The number of sulfonamides is 1. The van der Waals surface area contributed by atoms with Crippen LogP contribution in [0, 0.1) is 5.92 Å². The summed E-state index contributed by atoms with van der Waals surface area (Å²) < 4.78 is 31.4. The Morgan fingerprint density at radius 1 is 1.39 bits per heavy atom. The Morgan fingerprint density at radius 3 is 2.89 bits per heavy atom. The van der Waals surface area contributed by atoms with Crippen molar-refractivity contribution in [2.75, 3.05) is 32.0 Å². The first-order valence-corrected chi connectivity index (χ1v) is 8.43. The second-order valence-corrected chi connectivity index (χ2v) is 7.58. The molecule has 2 heterocycles. The minimum atomic E-state index is -3.14. The van der Waals surface area contributed by atoms with E-state index in [1.807, 2.05) is 13.8 Å². The monoisotopic (exact) mass is 276 g/mol. The van der Waals surface area contributed by atoms with E-state index in [2.05, 4.69) is 5.32 Å². The molecule has 2 rings (SSSR count). The van der Waals surface area contributed by atoms with Gasteiger partial charge in [0.15, 0.2) is 0 Å². The van der Waals surface area contributed by atoms with Gasteiger partial charge < -0.3 is 10.1 Å². The molecule has 0 bridgehead atoms. The van der Waals surface area contributed by atoms with Crippen LogP contribution in [0.3, 0.4) is 0 Å². The molecule has 2 aliphatic rings. The standard InChI is InChI=1S/C12H24N2O3S/c1-10(2)17-7-8-18(15,16)14-6-4-12-11(9-14)3-5-13-12/h10-13H,3-9H2,1-2H3. The van der Waals surface area contributed by atoms with Crippen LogP contribution >= 0.6 is 0 Å². The molecule has 0 aliphatic carbocycles. The molecule has 2 aliphatic heterocycles. The van der Waals surface area contributed by atoms with E-state index in [1.54, 1.807) is 4.31 Å². The molecule has 0 aromatic rings. The normalized spacial score (nSPS) is 29.7. The first kappa shape index (κ1) is 14.2. The lowest BCUT2D eigenvalue weighted by Crippen LogP contribution is -2.47. The highest BCUT2D eigenvalue weighted by molar-refractivity contribution is 7.89. The Bertz CT molecular complexity index is 370. The van der Waals surface area contributed by atoms with Crippen LogP contribution in [0.15, 0.2) is 0 Å². The maximum Gasteiger partial charge on any atom is 0.216 e. The van der Waals surface area contributed by atoms with Crippen LogP contribution in [0.5, 0.6) is 0 Å². The molecule has 0 saturated carbocycles. The largest absolute Gasteiger partial charge is 0.378 e. The number of hydrogen-bond donors (Lipinski definition) is 1. The molecule has 2 fully saturated rings. The number of rotatable bonds is 5. The van der Waals surface area contributed by atoms with E-state index in [9.17, 15) is 8.42 Å². The molecule has 6 heteroatoms. The molecule has 106 valence electrons. The fourth-order valence-electron chi connectivity index (χ4n) is 2.79. The molecular formula is C12H24N2O3S. The third kappa shape index (κ3) is 3.44. The maximum atomic E-state index is 12.2. The van der Waals surface area contributed by atoms with Gasteiger partial charge in [0.1, 0.15) is 0 Å². The third-order valence-electron chi connectivity index (χ3n) is 3.80. The van der Waals surface area contributed by atoms with Crippen molar-refractivity contribution in [2.24, 2.45) is 5.92 Å². The second kappa shape index (κ2) is 5.86. The minimum absolute atomic E-state index is 0.0879. The first-order chi connectivity index (χ1) is 8.49. The van der Waals surface area contributed by atoms with Gasteiger partial charge in [0.05, 0.1) is 18.5 Å². The number of hydrogen-bond acceptors (Lipinski definition) is 4.